The van der Waals surface area contributed by atoms with Crippen LogP contribution in [0, 0.1) is 0 Å². The van der Waals surface area contributed by atoms with Crippen molar-refractivity contribution in [1.29, 1.82) is 0 Å². The maximum absolute atomic E-state index is 11.6. The summed E-state index contributed by atoms with van der Waals surface area (Å²) < 4.78 is 6.69. The van der Waals surface area contributed by atoms with Gasteiger partial charge in [-0.2, -0.15) is 0 Å². The molecule has 0 radical (unpaired) electrons. The Morgan fingerprint density at radius 1 is 1.18 bits per heavy atom. The quantitative estimate of drug-likeness (QED) is 0.292. The first-order chi connectivity index (χ1) is 10.7. The highest BCUT2D eigenvalue weighted by atomic mass is 35.5. The Kier molecular flexibility index (Phi) is 10.1. The van der Waals surface area contributed by atoms with Gasteiger partial charge < -0.3 is 9.30 Å². The minimum atomic E-state index is -0.289. The van der Waals surface area contributed by atoms with Crippen molar-refractivity contribution < 1.29 is 9.53 Å². The number of methoxy groups -OCH3 is 1. The maximum atomic E-state index is 11.6. The first-order valence-electron chi connectivity index (χ1n) is 8.56. The SMILES string of the molecule is CCCCCCCCCC(Cl)CCn1cccc1C(=O)OC. The Hall–Kier alpha value is -0.960. The summed E-state index contributed by atoms with van der Waals surface area (Å²) in [5.74, 6) is -0.289. The number of hydrogen-bond donors (Lipinski definition) is 0. The van der Waals surface area contributed by atoms with E-state index in [1.807, 2.05) is 16.8 Å². The van der Waals surface area contributed by atoms with Crippen LogP contribution in [0.25, 0.3) is 0 Å². The van der Waals surface area contributed by atoms with E-state index in [1.54, 1.807) is 6.07 Å². The minimum Gasteiger partial charge on any atom is -0.464 e. The van der Waals surface area contributed by atoms with E-state index in [4.69, 9.17) is 16.3 Å². The predicted octanol–water partition coefficient (Wildman–Crippen LogP) is 5.41. The molecule has 22 heavy (non-hydrogen) atoms. The molecule has 0 fully saturated rings. The number of ether oxygens (including phenoxy) is 1. The summed E-state index contributed by atoms with van der Waals surface area (Å²) in [5, 5.41) is 0.184. The van der Waals surface area contributed by atoms with Crippen molar-refractivity contribution in [2.45, 2.75) is 76.6 Å². The van der Waals surface area contributed by atoms with E-state index in [9.17, 15) is 4.79 Å². The normalized spacial score (nSPS) is 12.3. The Morgan fingerprint density at radius 2 is 1.86 bits per heavy atom. The first kappa shape index (κ1) is 19.1. The summed E-state index contributed by atoms with van der Waals surface area (Å²) in [5.41, 5.74) is 0.599. The van der Waals surface area contributed by atoms with Crippen molar-refractivity contribution in [3.63, 3.8) is 0 Å². The number of aromatic nitrogens is 1. The fourth-order valence-electron chi connectivity index (χ4n) is 2.65. The van der Waals surface area contributed by atoms with Gasteiger partial charge in [-0.3, -0.25) is 0 Å². The van der Waals surface area contributed by atoms with E-state index in [2.05, 4.69) is 6.92 Å². The molecule has 0 saturated carbocycles. The van der Waals surface area contributed by atoms with Gasteiger partial charge in [0.2, 0.25) is 0 Å². The van der Waals surface area contributed by atoms with Gasteiger partial charge in [0.05, 0.1) is 7.11 Å². The van der Waals surface area contributed by atoms with E-state index < -0.39 is 0 Å². The zero-order valence-electron chi connectivity index (χ0n) is 14.0. The number of hydrogen-bond acceptors (Lipinski definition) is 2. The lowest BCUT2D eigenvalue weighted by Crippen LogP contribution is -2.12. The van der Waals surface area contributed by atoms with Crippen molar-refractivity contribution in [1.82, 2.24) is 4.57 Å². The molecule has 0 aromatic carbocycles. The molecule has 0 aliphatic heterocycles. The van der Waals surface area contributed by atoms with E-state index in [-0.39, 0.29) is 11.3 Å². The average molecular weight is 328 g/mol. The number of unbranched alkanes of at least 4 members (excludes halogenated alkanes) is 6. The summed E-state index contributed by atoms with van der Waals surface area (Å²) in [6, 6.07) is 3.65. The molecular weight excluding hydrogens is 298 g/mol. The number of carbonyl (C=O) groups excluding carboxylic acids is 1. The van der Waals surface area contributed by atoms with Gasteiger partial charge in [0.15, 0.2) is 0 Å². The van der Waals surface area contributed by atoms with Crippen LogP contribution >= 0.6 is 11.6 Å². The molecule has 0 bridgehead atoms. The van der Waals surface area contributed by atoms with Gasteiger partial charge >= 0.3 is 5.97 Å². The topological polar surface area (TPSA) is 31.2 Å². The molecule has 0 amide bonds. The highest BCUT2D eigenvalue weighted by Gasteiger charge is 2.12. The second-order valence-electron chi connectivity index (χ2n) is 5.87. The van der Waals surface area contributed by atoms with Gasteiger partial charge in [0.1, 0.15) is 5.69 Å². The molecule has 1 unspecified atom stereocenters. The Balaban J connectivity index is 2.14. The fraction of sp³-hybridized carbons (Fsp3) is 0.722. The minimum absolute atomic E-state index is 0.184. The summed E-state index contributed by atoms with van der Waals surface area (Å²) in [4.78, 5) is 11.6. The zero-order valence-corrected chi connectivity index (χ0v) is 14.8. The smallest absolute Gasteiger partial charge is 0.354 e. The summed E-state index contributed by atoms with van der Waals surface area (Å²) in [7, 11) is 1.41. The van der Waals surface area contributed by atoms with Crippen LogP contribution in [0.2, 0.25) is 0 Å². The molecule has 126 valence electrons. The van der Waals surface area contributed by atoms with Crippen molar-refractivity contribution >= 4 is 17.6 Å². The number of nitrogens with zero attached hydrogens (tertiary/aromatic N) is 1. The molecule has 1 atom stereocenters. The van der Waals surface area contributed by atoms with Crippen LogP contribution in [-0.4, -0.2) is 23.0 Å². The van der Waals surface area contributed by atoms with E-state index >= 15 is 0 Å². The van der Waals surface area contributed by atoms with E-state index in [0.717, 1.165) is 19.4 Å². The second kappa shape index (κ2) is 11.6. The number of aryl methyl sites for hydroxylation is 1. The first-order valence-corrected chi connectivity index (χ1v) is 9.00. The number of alkyl halides is 1. The Morgan fingerprint density at radius 3 is 2.55 bits per heavy atom. The molecule has 0 aliphatic rings. The molecule has 0 aliphatic carbocycles. The van der Waals surface area contributed by atoms with Crippen LogP contribution in [0.15, 0.2) is 18.3 Å². The van der Waals surface area contributed by atoms with Gasteiger partial charge in [-0.05, 0) is 25.0 Å². The number of rotatable bonds is 12. The molecule has 1 aromatic rings. The van der Waals surface area contributed by atoms with Crippen LogP contribution < -0.4 is 0 Å². The molecule has 0 saturated heterocycles. The van der Waals surface area contributed by atoms with E-state index in [0.29, 0.717) is 5.69 Å². The summed E-state index contributed by atoms with van der Waals surface area (Å²) in [6.07, 6.45) is 13.0. The van der Waals surface area contributed by atoms with Crippen molar-refractivity contribution in [2.24, 2.45) is 0 Å². The standard InChI is InChI=1S/C18H30ClNO2/c1-3-4-5-6-7-8-9-11-16(19)13-15-20-14-10-12-17(20)18(21)22-2/h10,12,14,16H,3-9,11,13,15H2,1-2H3. The third-order valence-electron chi connectivity index (χ3n) is 4.03. The van der Waals surface area contributed by atoms with Gasteiger partial charge in [0, 0.05) is 18.1 Å². The van der Waals surface area contributed by atoms with Crippen molar-refractivity contribution in [3.05, 3.63) is 24.0 Å². The monoisotopic (exact) mass is 327 g/mol. The highest BCUT2D eigenvalue weighted by Crippen LogP contribution is 2.16. The molecule has 1 aromatic heterocycles. The zero-order chi connectivity index (χ0) is 16.2. The number of carbonyl (C=O) groups is 1. The van der Waals surface area contributed by atoms with Crippen LogP contribution in [0.1, 0.15) is 75.2 Å². The van der Waals surface area contributed by atoms with Crippen molar-refractivity contribution in [3.8, 4) is 0 Å². The molecule has 0 spiro atoms. The molecule has 4 heteroatoms. The number of esters is 1. The summed E-state index contributed by atoms with van der Waals surface area (Å²) in [6.45, 7) is 3.01. The lowest BCUT2D eigenvalue weighted by atomic mass is 10.1. The highest BCUT2D eigenvalue weighted by molar-refractivity contribution is 6.20. The third kappa shape index (κ3) is 7.35. The van der Waals surface area contributed by atoms with Crippen LogP contribution in [0.3, 0.4) is 0 Å². The van der Waals surface area contributed by atoms with Crippen LogP contribution in [0.5, 0.6) is 0 Å². The second-order valence-corrected chi connectivity index (χ2v) is 6.49. The lowest BCUT2D eigenvalue weighted by molar-refractivity contribution is 0.0588. The summed E-state index contributed by atoms with van der Waals surface area (Å²) >= 11 is 6.40. The van der Waals surface area contributed by atoms with Gasteiger partial charge in [-0.15, -0.1) is 11.6 Å². The fourth-order valence-corrected chi connectivity index (χ4v) is 2.90. The number of halogens is 1. The Bertz CT molecular complexity index is 417. The largest absolute Gasteiger partial charge is 0.464 e. The molecular formula is C18H30ClNO2. The average Bonchev–Trinajstić information content (AvgIpc) is 2.99. The maximum Gasteiger partial charge on any atom is 0.354 e. The molecule has 1 rings (SSSR count). The predicted molar refractivity (Wildman–Crippen MR) is 92.6 cm³/mol. The van der Waals surface area contributed by atoms with Gasteiger partial charge in [-0.1, -0.05) is 51.9 Å². The lowest BCUT2D eigenvalue weighted by Gasteiger charge is -2.12. The molecule has 0 N–H and O–H groups in total. The Labute approximate surface area is 140 Å². The van der Waals surface area contributed by atoms with E-state index in [1.165, 1.54) is 52.1 Å². The van der Waals surface area contributed by atoms with Crippen LogP contribution in [0.4, 0.5) is 0 Å². The van der Waals surface area contributed by atoms with Gasteiger partial charge in [-0.25, -0.2) is 4.79 Å². The third-order valence-corrected chi connectivity index (χ3v) is 4.46. The molecule has 1 heterocycles. The van der Waals surface area contributed by atoms with Crippen LogP contribution in [-0.2, 0) is 11.3 Å². The molecule has 3 nitrogen and oxygen atoms in total. The van der Waals surface area contributed by atoms with Crippen molar-refractivity contribution in [2.75, 3.05) is 7.11 Å². The van der Waals surface area contributed by atoms with Gasteiger partial charge in [0.25, 0.3) is 0 Å².